The van der Waals surface area contributed by atoms with Crippen LogP contribution in [0.5, 0.6) is 0 Å². The zero-order chi connectivity index (χ0) is 18.0. The molecule has 0 aromatic heterocycles. The fourth-order valence-electron chi connectivity index (χ4n) is 2.89. The molecule has 1 fully saturated rings. The van der Waals surface area contributed by atoms with E-state index in [1.807, 2.05) is 13.0 Å². The van der Waals surface area contributed by atoms with E-state index in [0.29, 0.717) is 17.1 Å². The Morgan fingerprint density at radius 3 is 2.52 bits per heavy atom. The predicted octanol–water partition coefficient (Wildman–Crippen LogP) is 3.89. The monoisotopic (exact) mass is 347 g/mol. The van der Waals surface area contributed by atoms with Gasteiger partial charge in [0.2, 0.25) is 0 Å². The highest BCUT2D eigenvalue weighted by Crippen LogP contribution is 2.41. The lowest BCUT2D eigenvalue weighted by atomic mass is 10.1. The molecule has 2 N–H and O–H groups in total. The first kappa shape index (κ1) is 17.3. The van der Waals surface area contributed by atoms with Gasteiger partial charge in [-0.1, -0.05) is 24.3 Å². The van der Waals surface area contributed by atoms with Crippen LogP contribution in [-0.2, 0) is 0 Å². The van der Waals surface area contributed by atoms with E-state index < -0.39 is 11.6 Å². The van der Waals surface area contributed by atoms with Gasteiger partial charge in [-0.2, -0.15) is 0 Å². The van der Waals surface area contributed by atoms with Gasteiger partial charge in [-0.05, 0) is 42.7 Å². The molecule has 3 nitrogen and oxygen atoms in total. The minimum atomic E-state index is -0.879. The summed E-state index contributed by atoms with van der Waals surface area (Å²) in [6, 6.07) is 10.4. The van der Waals surface area contributed by atoms with Crippen LogP contribution in [0.25, 0.3) is 0 Å². The first-order valence-electron chi connectivity index (χ1n) is 8.19. The zero-order valence-electron chi connectivity index (χ0n) is 14.1. The Balaban J connectivity index is 1.61. The van der Waals surface area contributed by atoms with Crippen LogP contribution in [0.2, 0.25) is 0 Å². The molecule has 3 unspecified atom stereocenters. The van der Waals surface area contributed by atoms with Crippen molar-refractivity contribution in [1.82, 2.24) is 10.6 Å². The molecule has 0 aliphatic heterocycles. The van der Waals surface area contributed by atoms with E-state index in [1.165, 1.54) is 18.2 Å². The molecule has 0 amide bonds. The van der Waals surface area contributed by atoms with Crippen LogP contribution in [0.3, 0.4) is 0 Å². The van der Waals surface area contributed by atoms with Crippen molar-refractivity contribution in [3.05, 3.63) is 71.0 Å². The molecule has 2 aromatic rings. The summed E-state index contributed by atoms with van der Waals surface area (Å²) in [5.41, 5.74) is 1.31. The number of hydrogen-bond donors (Lipinski definition) is 2. The molecule has 0 spiro atoms. The van der Waals surface area contributed by atoms with Crippen molar-refractivity contribution in [1.29, 1.82) is 0 Å². The van der Waals surface area contributed by atoms with Crippen molar-refractivity contribution in [3.63, 3.8) is 0 Å². The molecule has 6 heteroatoms. The van der Waals surface area contributed by atoms with E-state index in [1.54, 1.807) is 19.2 Å². The second-order valence-corrected chi connectivity index (χ2v) is 6.23. The summed E-state index contributed by atoms with van der Waals surface area (Å²) in [5, 5.41) is 6.39. The normalized spacial score (nSPS) is 20.9. The van der Waals surface area contributed by atoms with Crippen LogP contribution < -0.4 is 10.6 Å². The van der Waals surface area contributed by atoms with Crippen LogP contribution in [0.4, 0.5) is 13.2 Å². The molecule has 0 saturated heterocycles. The van der Waals surface area contributed by atoms with E-state index in [-0.39, 0.29) is 23.8 Å². The Morgan fingerprint density at radius 1 is 1.08 bits per heavy atom. The Labute approximate surface area is 145 Å². The van der Waals surface area contributed by atoms with E-state index in [0.717, 1.165) is 12.5 Å². The third-order valence-corrected chi connectivity index (χ3v) is 4.44. The summed E-state index contributed by atoms with van der Waals surface area (Å²) >= 11 is 0. The maximum absolute atomic E-state index is 13.8. The number of nitrogens with zero attached hydrogens (tertiary/aromatic N) is 1. The molecule has 1 saturated carbocycles. The maximum atomic E-state index is 13.8. The molecule has 2 aromatic carbocycles. The maximum Gasteiger partial charge on any atom is 0.191 e. The molecule has 0 heterocycles. The highest BCUT2D eigenvalue weighted by atomic mass is 19.2. The highest BCUT2D eigenvalue weighted by molar-refractivity contribution is 5.81. The van der Waals surface area contributed by atoms with Gasteiger partial charge in [0, 0.05) is 19.0 Å². The SMILES string of the molecule is CN=C(NC(C)c1ccc(F)c(F)c1)NC1CC1c1ccccc1F. The Morgan fingerprint density at radius 2 is 1.84 bits per heavy atom. The molecule has 3 rings (SSSR count). The highest BCUT2D eigenvalue weighted by Gasteiger charge is 2.40. The molecule has 25 heavy (non-hydrogen) atoms. The smallest absolute Gasteiger partial charge is 0.191 e. The molecule has 1 aliphatic rings. The molecule has 0 radical (unpaired) electrons. The predicted molar refractivity (Wildman–Crippen MR) is 91.9 cm³/mol. The van der Waals surface area contributed by atoms with Gasteiger partial charge in [-0.3, -0.25) is 4.99 Å². The van der Waals surface area contributed by atoms with Crippen LogP contribution in [-0.4, -0.2) is 19.0 Å². The van der Waals surface area contributed by atoms with Crippen LogP contribution in [0.1, 0.15) is 36.4 Å². The molecular weight excluding hydrogens is 327 g/mol. The zero-order valence-corrected chi connectivity index (χ0v) is 14.1. The Hall–Kier alpha value is -2.50. The summed E-state index contributed by atoms with van der Waals surface area (Å²) in [6.07, 6.45) is 0.821. The number of benzene rings is 2. The summed E-state index contributed by atoms with van der Waals surface area (Å²) in [7, 11) is 1.63. The lowest BCUT2D eigenvalue weighted by molar-refractivity contribution is 0.504. The molecule has 3 atom stereocenters. The number of aliphatic imine (C=N–C) groups is 1. The number of halogens is 3. The van der Waals surface area contributed by atoms with E-state index in [9.17, 15) is 13.2 Å². The van der Waals surface area contributed by atoms with E-state index >= 15 is 0 Å². The fraction of sp³-hybridized carbons (Fsp3) is 0.316. The van der Waals surface area contributed by atoms with Crippen LogP contribution in [0.15, 0.2) is 47.5 Å². The van der Waals surface area contributed by atoms with Gasteiger partial charge in [0.25, 0.3) is 0 Å². The van der Waals surface area contributed by atoms with Gasteiger partial charge >= 0.3 is 0 Å². The topological polar surface area (TPSA) is 36.4 Å². The minimum absolute atomic E-state index is 0.0975. The van der Waals surface area contributed by atoms with Gasteiger partial charge in [0.05, 0.1) is 6.04 Å². The van der Waals surface area contributed by atoms with E-state index in [2.05, 4.69) is 15.6 Å². The van der Waals surface area contributed by atoms with Gasteiger partial charge < -0.3 is 10.6 Å². The molecular formula is C19H20F3N3. The summed E-state index contributed by atoms with van der Waals surface area (Å²) in [4.78, 5) is 4.16. The second kappa shape index (κ2) is 7.17. The van der Waals surface area contributed by atoms with Gasteiger partial charge in [-0.15, -0.1) is 0 Å². The summed E-state index contributed by atoms with van der Waals surface area (Å²) < 4.78 is 40.3. The summed E-state index contributed by atoms with van der Waals surface area (Å²) in [5.74, 6) is -1.30. The number of rotatable bonds is 4. The third-order valence-electron chi connectivity index (χ3n) is 4.44. The van der Waals surface area contributed by atoms with Crippen molar-refractivity contribution in [2.24, 2.45) is 4.99 Å². The van der Waals surface area contributed by atoms with Crippen molar-refractivity contribution in [2.75, 3.05) is 7.05 Å². The third kappa shape index (κ3) is 3.95. The van der Waals surface area contributed by atoms with Crippen molar-refractivity contribution < 1.29 is 13.2 Å². The quantitative estimate of drug-likeness (QED) is 0.650. The standard InChI is InChI=1S/C19H20F3N3/c1-11(12-7-8-16(21)17(22)9-12)24-19(23-2)25-18-10-14(18)13-5-3-4-6-15(13)20/h3-9,11,14,18H,10H2,1-2H3,(H2,23,24,25). The van der Waals surface area contributed by atoms with Gasteiger partial charge in [0.15, 0.2) is 17.6 Å². The van der Waals surface area contributed by atoms with Gasteiger partial charge in [-0.25, -0.2) is 13.2 Å². The van der Waals surface area contributed by atoms with Crippen LogP contribution in [0, 0.1) is 17.5 Å². The first-order chi connectivity index (χ1) is 12.0. The average molecular weight is 347 g/mol. The largest absolute Gasteiger partial charge is 0.353 e. The van der Waals surface area contributed by atoms with Crippen molar-refractivity contribution in [2.45, 2.75) is 31.3 Å². The number of nitrogens with one attached hydrogen (secondary N) is 2. The Bertz CT molecular complexity index is 791. The summed E-state index contributed by atoms with van der Waals surface area (Å²) in [6.45, 7) is 1.83. The molecule has 0 bridgehead atoms. The van der Waals surface area contributed by atoms with Crippen LogP contribution >= 0.6 is 0 Å². The average Bonchev–Trinajstić information content (AvgIpc) is 3.36. The van der Waals surface area contributed by atoms with Crippen molar-refractivity contribution >= 4 is 5.96 Å². The lowest BCUT2D eigenvalue weighted by Gasteiger charge is -2.18. The van der Waals surface area contributed by atoms with Crippen molar-refractivity contribution in [3.8, 4) is 0 Å². The minimum Gasteiger partial charge on any atom is -0.353 e. The fourth-order valence-corrected chi connectivity index (χ4v) is 2.89. The number of guanidine groups is 1. The molecule has 132 valence electrons. The number of hydrogen-bond acceptors (Lipinski definition) is 1. The van der Waals surface area contributed by atoms with Gasteiger partial charge in [0.1, 0.15) is 5.82 Å². The second-order valence-electron chi connectivity index (χ2n) is 6.23. The first-order valence-corrected chi connectivity index (χ1v) is 8.19. The van der Waals surface area contributed by atoms with E-state index in [4.69, 9.17) is 0 Å². The molecule has 1 aliphatic carbocycles. The lowest BCUT2D eigenvalue weighted by Crippen LogP contribution is -2.40. The Kier molecular flexibility index (Phi) is 4.97.